The Bertz CT molecular complexity index is 829. The van der Waals surface area contributed by atoms with Crippen LogP contribution in [0.4, 0.5) is 0 Å². The molecule has 1 fully saturated rings. The first kappa shape index (κ1) is 23.2. The minimum atomic E-state index is -0.224. The predicted octanol–water partition coefficient (Wildman–Crippen LogP) is 4.28. The third-order valence-electron chi connectivity index (χ3n) is 4.62. The highest BCUT2D eigenvalue weighted by molar-refractivity contribution is 6.30. The first-order valence-corrected chi connectivity index (χ1v) is 10.3. The number of hydrogen-bond donors (Lipinski definition) is 2. The maximum absolute atomic E-state index is 11.4. The Balaban J connectivity index is 0.000000211. The minimum absolute atomic E-state index is 0.0299. The molecule has 7 heteroatoms. The van der Waals surface area contributed by atoms with Crippen LogP contribution in [0.1, 0.15) is 42.7 Å². The molecule has 2 atom stereocenters. The van der Waals surface area contributed by atoms with Gasteiger partial charge in [-0.3, -0.25) is 9.59 Å². The zero-order valence-corrected chi connectivity index (χ0v) is 17.9. The summed E-state index contributed by atoms with van der Waals surface area (Å²) < 4.78 is 4.90. The molecule has 1 heterocycles. The van der Waals surface area contributed by atoms with Gasteiger partial charge in [-0.05, 0) is 48.9 Å². The van der Waals surface area contributed by atoms with Gasteiger partial charge in [0.2, 0.25) is 5.91 Å². The van der Waals surface area contributed by atoms with Crippen LogP contribution in [0.15, 0.2) is 48.5 Å². The summed E-state index contributed by atoms with van der Waals surface area (Å²) >= 11 is 11.7. The lowest BCUT2D eigenvalue weighted by Gasteiger charge is -2.14. The second kappa shape index (κ2) is 11.8. The van der Waals surface area contributed by atoms with E-state index in [0.29, 0.717) is 36.9 Å². The van der Waals surface area contributed by atoms with Gasteiger partial charge in [-0.2, -0.15) is 0 Å². The maximum Gasteiger partial charge on any atom is 0.306 e. The summed E-state index contributed by atoms with van der Waals surface area (Å²) in [6.07, 6.45) is 0.880. The lowest BCUT2D eigenvalue weighted by atomic mass is 9.96. The molecule has 0 bridgehead atoms. The number of nitrogens with one attached hydrogen (secondary N) is 1. The molecule has 0 spiro atoms. The third-order valence-corrected chi connectivity index (χ3v) is 5.09. The van der Waals surface area contributed by atoms with Crippen LogP contribution in [-0.2, 0) is 14.3 Å². The van der Waals surface area contributed by atoms with Crippen LogP contribution in [0.2, 0.25) is 10.0 Å². The average molecular weight is 437 g/mol. The van der Waals surface area contributed by atoms with E-state index in [1.807, 2.05) is 42.5 Å². The lowest BCUT2D eigenvalue weighted by molar-refractivity contribution is -0.143. The van der Waals surface area contributed by atoms with Crippen LogP contribution in [0.3, 0.4) is 0 Å². The van der Waals surface area contributed by atoms with Gasteiger partial charge in [0.25, 0.3) is 0 Å². The monoisotopic (exact) mass is 436 g/mol. The fourth-order valence-corrected chi connectivity index (χ4v) is 3.52. The van der Waals surface area contributed by atoms with Gasteiger partial charge < -0.3 is 15.8 Å². The largest absolute Gasteiger partial charge is 0.466 e. The summed E-state index contributed by atoms with van der Waals surface area (Å²) in [7, 11) is 0. The molecule has 2 aromatic carbocycles. The predicted molar refractivity (Wildman–Crippen MR) is 116 cm³/mol. The highest BCUT2D eigenvalue weighted by atomic mass is 35.5. The van der Waals surface area contributed by atoms with Crippen molar-refractivity contribution in [1.82, 2.24) is 5.32 Å². The summed E-state index contributed by atoms with van der Waals surface area (Å²) in [6, 6.07) is 15.1. The number of carbonyl (C=O) groups is 2. The van der Waals surface area contributed by atoms with Crippen molar-refractivity contribution >= 4 is 35.1 Å². The molecular formula is C22H26Cl2N2O3. The van der Waals surface area contributed by atoms with E-state index < -0.39 is 0 Å². The summed E-state index contributed by atoms with van der Waals surface area (Å²) in [5, 5.41) is 4.19. The molecule has 0 aromatic heterocycles. The molecule has 0 aliphatic carbocycles. The van der Waals surface area contributed by atoms with E-state index in [9.17, 15) is 9.59 Å². The Morgan fingerprint density at radius 1 is 1.21 bits per heavy atom. The Morgan fingerprint density at radius 2 is 1.90 bits per heavy atom. The smallest absolute Gasteiger partial charge is 0.306 e. The second-order valence-electron chi connectivity index (χ2n) is 6.76. The Labute approximate surface area is 181 Å². The fourth-order valence-electron chi connectivity index (χ4n) is 3.12. The molecule has 0 radical (unpaired) electrons. The Kier molecular flexibility index (Phi) is 9.45. The molecule has 2 aromatic rings. The van der Waals surface area contributed by atoms with Gasteiger partial charge in [0.05, 0.1) is 13.0 Å². The van der Waals surface area contributed by atoms with Gasteiger partial charge in [0, 0.05) is 34.8 Å². The van der Waals surface area contributed by atoms with Crippen LogP contribution >= 0.6 is 23.2 Å². The molecule has 1 aliphatic rings. The molecule has 0 saturated carbocycles. The molecule has 2 unspecified atom stereocenters. The van der Waals surface area contributed by atoms with Crippen molar-refractivity contribution in [3.8, 4) is 0 Å². The highest BCUT2D eigenvalue weighted by Gasteiger charge is 2.22. The van der Waals surface area contributed by atoms with E-state index in [0.717, 1.165) is 22.7 Å². The van der Waals surface area contributed by atoms with Crippen molar-refractivity contribution in [3.05, 3.63) is 69.7 Å². The van der Waals surface area contributed by atoms with Gasteiger partial charge in [0.1, 0.15) is 0 Å². The van der Waals surface area contributed by atoms with E-state index in [1.165, 1.54) is 0 Å². The minimum Gasteiger partial charge on any atom is -0.466 e. The number of ether oxygens (including phenoxy) is 1. The van der Waals surface area contributed by atoms with Crippen LogP contribution in [0.25, 0.3) is 0 Å². The van der Waals surface area contributed by atoms with Gasteiger partial charge in [-0.25, -0.2) is 0 Å². The van der Waals surface area contributed by atoms with E-state index in [-0.39, 0.29) is 17.8 Å². The Morgan fingerprint density at radius 3 is 2.45 bits per heavy atom. The first-order chi connectivity index (χ1) is 13.9. The first-order valence-electron chi connectivity index (χ1n) is 9.56. The van der Waals surface area contributed by atoms with E-state index in [2.05, 4.69) is 5.32 Å². The summed E-state index contributed by atoms with van der Waals surface area (Å²) in [6.45, 7) is 3.32. The third kappa shape index (κ3) is 7.69. The standard InChI is InChI=1S/C12H16ClNO2.C10H10ClNO/c1-2-16-12(15)7-10(8-14)9-4-3-5-11(13)6-9;11-9-3-1-2-7(4-9)8-5-10(13)12-6-8/h3-6,10H,2,7-8,14H2,1H3;1-4,8H,5-6H2,(H,12,13). The zero-order valence-electron chi connectivity index (χ0n) is 16.4. The molecule has 29 heavy (non-hydrogen) atoms. The number of hydrogen-bond acceptors (Lipinski definition) is 4. The number of nitrogens with two attached hydrogens (primary N) is 1. The van der Waals surface area contributed by atoms with Gasteiger partial charge >= 0.3 is 5.97 Å². The van der Waals surface area contributed by atoms with Gasteiger partial charge in [-0.15, -0.1) is 0 Å². The average Bonchev–Trinajstić information content (AvgIpc) is 3.13. The number of benzene rings is 2. The molecule has 1 saturated heterocycles. The quantitative estimate of drug-likeness (QED) is 0.661. The van der Waals surface area contributed by atoms with Crippen LogP contribution in [-0.4, -0.2) is 31.6 Å². The normalized spacial score (nSPS) is 16.4. The number of esters is 1. The Hall–Kier alpha value is -2.08. The lowest BCUT2D eigenvalue weighted by Crippen LogP contribution is -2.18. The number of halogens is 2. The number of rotatable bonds is 6. The van der Waals surface area contributed by atoms with Crippen molar-refractivity contribution < 1.29 is 14.3 Å². The van der Waals surface area contributed by atoms with Gasteiger partial charge in [0.15, 0.2) is 0 Å². The second-order valence-corrected chi connectivity index (χ2v) is 7.63. The molecule has 156 valence electrons. The molecule has 3 N–H and O–H groups in total. The SMILES string of the molecule is CCOC(=O)CC(CN)c1cccc(Cl)c1.O=C1CC(c2cccc(Cl)c2)CN1. The van der Waals surface area contributed by atoms with Crippen molar-refractivity contribution in [3.63, 3.8) is 0 Å². The molecule has 3 rings (SSSR count). The summed E-state index contributed by atoms with van der Waals surface area (Å²) in [5.74, 6) is 0.173. The number of carbonyl (C=O) groups excluding carboxylic acids is 2. The summed E-state index contributed by atoms with van der Waals surface area (Å²) in [5.41, 5.74) is 7.77. The van der Waals surface area contributed by atoms with Crippen LogP contribution < -0.4 is 11.1 Å². The molecule has 1 amide bonds. The van der Waals surface area contributed by atoms with E-state index in [4.69, 9.17) is 33.7 Å². The fraction of sp³-hybridized carbons (Fsp3) is 0.364. The zero-order chi connectivity index (χ0) is 21.2. The highest BCUT2D eigenvalue weighted by Crippen LogP contribution is 2.25. The van der Waals surface area contributed by atoms with E-state index >= 15 is 0 Å². The van der Waals surface area contributed by atoms with Crippen LogP contribution in [0.5, 0.6) is 0 Å². The van der Waals surface area contributed by atoms with Crippen molar-refractivity contribution in [2.24, 2.45) is 5.73 Å². The van der Waals surface area contributed by atoms with E-state index in [1.54, 1.807) is 13.0 Å². The van der Waals surface area contributed by atoms with Crippen molar-refractivity contribution in [2.75, 3.05) is 19.7 Å². The summed E-state index contributed by atoms with van der Waals surface area (Å²) in [4.78, 5) is 22.3. The van der Waals surface area contributed by atoms with Crippen molar-refractivity contribution in [1.29, 1.82) is 0 Å². The maximum atomic E-state index is 11.4. The van der Waals surface area contributed by atoms with Crippen molar-refractivity contribution in [2.45, 2.75) is 31.6 Å². The molecular weight excluding hydrogens is 411 g/mol. The topological polar surface area (TPSA) is 81.4 Å². The molecule has 5 nitrogen and oxygen atoms in total. The molecule has 1 aliphatic heterocycles. The van der Waals surface area contributed by atoms with Gasteiger partial charge in [-0.1, -0.05) is 47.5 Å². The van der Waals surface area contributed by atoms with Crippen LogP contribution in [0, 0.1) is 0 Å². The number of amides is 1.